The van der Waals surface area contributed by atoms with Crippen LogP contribution in [0.25, 0.3) is 0 Å². The molecule has 7 nitrogen and oxygen atoms in total. The van der Waals surface area contributed by atoms with Crippen LogP contribution in [0.1, 0.15) is 39.2 Å². The van der Waals surface area contributed by atoms with Gasteiger partial charge in [-0.3, -0.25) is 4.99 Å². The first-order chi connectivity index (χ1) is 14.0. The van der Waals surface area contributed by atoms with E-state index >= 15 is 0 Å². The Hall–Kier alpha value is -2.15. The van der Waals surface area contributed by atoms with E-state index in [1.54, 1.807) is 21.3 Å². The van der Waals surface area contributed by atoms with Crippen molar-refractivity contribution in [1.82, 2.24) is 15.5 Å². The summed E-state index contributed by atoms with van der Waals surface area (Å²) in [5.74, 6) is 3.11. The highest BCUT2D eigenvalue weighted by Crippen LogP contribution is 2.34. The van der Waals surface area contributed by atoms with E-state index in [2.05, 4.69) is 36.3 Å². The monoisotopic (exact) mass is 406 g/mol. The molecule has 2 N–H and O–H groups in total. The quantitative estimate of drug-likeness (QED) is 0.486. The summed E-state index contributed by atoms with van der Waals surface area (Å²) < 4.78 is 16.4. The molecule has 0 amide bonds. The molecular formula is C22H38N4O3. The normalized spacial score (nSPS) is 16.0. The Kier molecular flexibility index (Phi) is 9.38. The Morgan fingerprint density at radius 2 is 1.72 bits per heavy atom. The Morgan fingerprint density at radius 3 is 2.21 bits per heavy atom. The minimum Gasteiger partial charge on any atom is -0.496 e. The number of ether oxygens (including phenoxy) is 3. The molecule has 1 aliphatic rings. The third-order valence-corrected chi connectivity index (χ3v) is 5.39. The smallest absolute Gasteiger partial charge is 0.191 e. The lowest BCUT2D eigenvalue weighted by atomic mass is 10.0. The van der Waals surface area contributed by atoms with Crippen molar-refractivity contribution < 1.29 is 14.2 Å². The first kappa shape index (κ1) is 23.1. The molecule has 1 aromatic carbocycles. The lowest BCUT2D eigenvalue weighted by Crippen LogP contribution is -2.49. The zero-order valence-corrected chi connectivity index (χ0v) is 18.9. The SMILES string of the molecule is CCNC(=NCCc1c(OC)cc(OC)cc1OC)NC1CCN(C(C)C)CC1. The Bertz CT molecular complexity index is 630. The van der Waals surface area contributed by atoms with Crippen LogP contribution in [-0.4, -0.2) is 70.5 Å². The van der Waals surface area contributed by atoms with Gasteiger partial charge in [0.25, 0.3) is 0 Å². The van der Waals surface area contributed by atoms with Crippen LogP contribution in [0.2, 0.25) is 0 Å². The van der Waals surface area contributed by atoms with Crippen molar-refractivity contribution in [1.29, 1.82) is 0 Å². The average Bonchev–Trinajstić information content (AvgIpc) is 2.73. The fourth-order valence-corrected chi connectivity index (χ4v) is 3.68. The maximum atomic E-state index is 5.54. The number of nitrogens with zero attached hydrogens (tertiary/aromatic N) is 2. The summed E-state index contributed by atoms with van der Waals surface area (Å²) in [6.07, 6.45) is 3.00. The number of methoxy groups -OCH3 is 3. The van der Waals surface area contributed by atoms with Crippen molar-refractivity contribution in [2.45, 2.75) is 52.1 Å². The number of aliphatic imine (C=N–C) groups is 1. The molecule has 2 rings (SSSR count). The third kappa shape index (κ3) is 6.70. The van der Waals surface area contributed by atoms with Gasteiger partial charge in [-0.25, -0.2) is 0 Å². The summed E-state index contributed by atoms with van der Waals surface area (Å²) in [4.78, 5) is 7.32. The maximum absolute atomic E-state index is 5.54. The van der Waals surface area contributed by atoms with Crippen LogP contribution in [0, 0.1) is 0 Å². The van der Waals surface area contributed by atoms with Gasteiger partial charge in [0.2, 0.25) is 0 Å². The molecule has 0 saturated carbocycles. The number of benzene rings is 1. The molecule has 0 bridgehead atoms. The van der Waals surface area contributed by atoms with E-state index in [1.807, 2.05) is 12.1 Å². The predicted octanol–water partition coefficient (Wildman–Crippen LogP) is 2.68. The molecule has 7 heteroatoms. The van der Waals surface area contributed by atoms with Crippen molar-refractivity contribution >= 4 is 5.96 Å². The van der Waals surface area contributed by atoms with Crippen molar-refractivity contribution in [3.63, 3.8) is 0 Å². The molecule has 1 saturated heterocycles. The van der Waals surface area contributed by atoms with E-state index in [0.29, 0.717) is 24.4 Å². The Balaban J connectivity index is 2.00. The molecule has 29 heavy (non-hydrogen) atoms. The number of hydrogen-bond acceptors (Lipinski definition) is 5. The largest absolute Gasteiger partial charge is 0.496 e. The number of hydrogen-bond donors (Lipinski definition) is 2. The van der Waals surface area contributed by atoms with Crippen LogP contribution in [0.3, 0.4) is 0 Å². The summed E-state index contributed by atoms with van der Waals surface area (Å²) in [5.41, 5.74) is 1.00. The van der Waals surface area contributed by atoms with Gasteiger partial charge in [0.15, 0.2) is 5.96 Å². The Labute approximate surface area is 175 Å². The summed E-state index contributed by atoms with van der Waals surface area (Å²) in [6.45, 7) is 10.4. The molecule has 1 fully saturated rings. The van der Waals surface area contributed by atoms with Crippen LogP contribution in [0.15, 0.2) is 17.1 Å². The molecule has 0 aliphatic carbocycles. The molecule has 164 valence electrons. The molecule has 0 radical (unpaired) electrons. The summed E-state index contributed by atoms with van der Waals surface area (Å²) in [7, 11) is 4.96. The standard InChI is InChI=1S/C22H38N4O3/c1-7-23-22(25-17-9-12-26(13-10-17)16(2)3)24-11-8-19-20(28-5)14-18(27-4)15-21(19)29-6/h14-17H,7-13H2,1-6H3,(H2,23,24,25). The topological polar surface area (TPSA) is 67.4 Å². The summed E-state index contributed by atoms with van der Waals surface area (Å²) in [6, 6.07) is 4.85. The van der Waals surface area contributed by atoms with E-state index in [-0.39, 0.29) is 0 Å². The minimum absolute atomic E-state index is 0.466. The van der Waals surface area contributed by atoms with Gasteiger partial charge in [-0.1, -0.05) is 0 Å². The Morgan fingerprint density at radius 1 is 1.10 bits per heavy atom. The van der Waals surface area contributed by atoms with E-state index < -0.39 is 0 Å². The molecule has 0 unspecified atom stereocenters. The third-order valence-electron chi connectivity index (χ3n) is 5.39. The van der Waals surface area contributed by atoms with Crippen LogP contribution >= 0.6 is 0 Å². The van der Waals surface area contributed by atoms with Gasteiger partial charge < -0.3 is 29.7 Å². The van der Waals surface area contributed by atoms with E-state index in [0.717, 1.165) is 61.9 Å². The van der Waals surface area contributed by atoms with Crippen LogP contribution in [-0.2, 0) is 6.42 Å². The zero-order valence-electron chi connectivity index (χ0n) is 18.9. The second-order valence-corrected chi connectivity index (χ2v) is 7.57. The number of guanidine groups is 1. The summed E-state index contributed by atoms with van der Waals surface area (Å²) in [5, 5.41) is 6.98. The fourth-order valence-electron chi connectivity index (χ4n) is 3.68. The van der Waals surface area contributed by atoms with Gasteiger partial charge in [0.05, 0.1) is 21.3 Å². The van der Waals surface area contributed by atoms with E-state index in [4.69, 9.17) is 19.2 Å². The van der Waals surface area contributed by atoms with Gasteiger partial charge in [-0.05, 0) is 40.0 Å². The van der Waals surface area contributed by atoms with Crippen molar-refractivity contribution in [3.05, 3.63) is 17.7 Å². The summed E-state index contributed by atoms with van der Waals surface area (Å²) >= 11 is 0. The van der Waals surface area contributed by atoms with E-state index in [9.17, 15) is 0 Å². The second kappa shape index (κ2) is 11.8. The van der Waals surface area contributed by atoms with Crippen molar-refractivity contribution in [3.8, 4) is 17.2 Å². The molecule has 0 aromatic heterocycles. The van der Waals surface area contributed by atoms with Crippen molar-refractivity contribution in [2.75, 3.05) is 47.5 Å². The van der Waals surface area contributed by atoms with Crippen LogP contribution < -0.4 is 24.8 Å². The van der Waals surface area contributed by atoms with E-state index in [1.165, 1.54) is 0 Å². The number of rotatable bonds is 9. The molecule has 1 aliphatic heterocycles. The number of nitrogens with one attached hydrogen (secondary N) is 2. The molecule has 1 aromatic rings. The molecule has 0 spiro atoms. The molecular weight excluding hydrogens is 368 g/mol. The highest BCUT2D eigenvalue weighted by atomic mass is 16.5. The van der Waals surface area contributed by atoms with Gasteiger partial charge in [-0.15, -0.1) is 0 Å². The molecule has 0 atom stereocenters. The average molecular weight is 407 g/mol. The van der Waals surface area contributed by atoms with Crippen LogP contribution in [0.4, 0.5) is 0 Å². The van der Waals surface area contributed by atoms with Gasteiger partial charge in [0.1, 0.15) is 17.2 Å². The van der Waals surface area contributed by atoms with Gasteiger partial charge in [0, 0.05) is 56.0 Å². The first-order valence-corrected chi connectivity index (χ1v) is 10.6. The van der Waals surface area contributed by atoms with Gasteiger partial charge >= 0.3 is 0 Å². The highest BCUT2D eigenvalue weighted by Gasteiger charge is 2.21. The fraction of sp³-hybridized carbons (Fsp3) is 0.682. The lowest BCUT2D eigenvalue weighted by molar-refractivity contribution is 0.167. The van der Waals surface area contributed by atoms with Crippen LogP contribution in [0.5, 0.6) is 17.2 Å². The predicted molar refractivity (Wildman–Crippen MR) is 119 cm³/mol. The maximum Gasteiger partial charge on any atom is 0.191 e. The highest BCUT2D eigenvalue weighted by molar-refractivity contribution is 5.80. The number of likely N-dealkylation sites (tertiary alicyclic amines) is 1. The minimum atomic E-state index is 0.466. The molecule has 1 heterocycles. The second-order valence-electron chi connectivity index (χ2n) is 7.57. The van der Waals surface area contributed by atoms with Crippen molar-refractivity contribution in [2.24, 2.45) is 4.99 Å². The van der Waals surface area contributed by atoms with Gasteiger partial charge in [-0.2, -0.15) is 0 Å². The lowest BCUT2D eigenvalue weighted by Gasteiger charge is -2.35. The first-order valence-electron chi connectivity index (χ1n) is 10.6. The number of piperidine rings is 1. The zero-order chi connectivity index (χ0) is 21.2.